The summed E-state index contributed by atoms with van der Waals surface area (Å²) in [7, 11) is 0. The molecule has 0 radical (unpaired) electrons. The van der Waals surface area contributed by atoms with E-state index in [4.69, 9.17) is 9.40 Å². The van der Waals surface area contributed by atoms with Crippen LogP contribution in [0, 0.1) is 0 Å². The lowest BCUT2D eigenvalue weighted by molar-refractivity contribution is 0.670. The number of para-hydroxylation sites is 2. The van der Waals surface area contributed by atoms with Crippen LogP contribution in [0.15, 0.2) is 120 Å². The third-order valence-electron chi connectivity index (χ3n) is 6.46. The minimum absolute atomic E-state index is 0.880. The number of hydrogen-bond acceptors (Lipinski definition) is 2. The number of nitrogens with zero attached hydrogens (tertiary/aromatic N) is 1. The Morgan fingerprint density at radius 1 is 0.545 bits per heavy atom. The van der Waals surface area contributed by atoms with Gasteiger partial charge in [0.1, 0.15) is 11.2 Å². The van der Waals surface area contributed by atoms with E-state index in [0.29, 0.717) is 0 Å². The summed E-state index contributed by atoms with van der Waals surface area (Å²) in [6.45, 7) is 0. The van der Waals surface area contributed by atoms with Crippen molar-refractivity contribution in [2.24, 2.45) is 0 Å². The first-order valence-electron chi connectivity index (χ1n) is 11.2. The van der Waals surface area contributed by atoms with Gasteiger partial charge in [0.05, 0.1) is 11.2 Å². The molecule has 5 aromatic carbocycles. The van der Waals surface area contributed by atoms with E-state index in [2.05, 4.69) is 103 Å². The molecule has 0 N–H and O–H groups in total. The topological polar surface area (TPSA) is 26.0 Å². The zero-order valence-corrected chi connectivity index (χ0v) is 17.8. The molecule has 0 saturated heterocycles. The van der Waals surface area contributed by atoms with E-state index in [1.807, 2.05) is 12.1 Å². The highest BCUT2D eigenvalue weighted by atomic mass is 16.3. The Bertz CT molecular complexity index is 1810. The van der Waals surface area contributed by atoms with Crippen molar-refractivity contribution >= 4 is 43.6 Å². The average Bonchev–Trinajstić information content (AvgIpc) is 3.27. The largest absolute Gasteiger partial charge is 0.455 e. The summed E-state index contributed by atoms with van der Waals surface area (Å²) in [6, 6.07) is 40.1. The standard InChI is InChI=1S/C31H19NO/c1-2-9-20(10-3-1)26-19-28(32-27-18-17-21-11-4-5-12-22(21)30(26)27)25-15-8-14-24-23-13-6-7-16-29(23)33-31(24)25/h1-19H. The highest BCUT2D eigenvalue weighted by molar-refractivity contribution is 6.15. The molecular weight excluding hydrogens is 402 g/mol. The van der Waals surface area contributed by atoms with Gasteiger partial charge in [-0.1, -0.05) is 91.0 Å². The van der Waals surface area contributed by atoms with Gasteiger partial charge >= 0.3 is 0 Å². The van der Waals surface area contributed by atoms with Crippen LogP contribution in [0.25, 0.3) is 66.0 Å². The Morgan fingerprint density at radius 2 is 1.30 bits per heavy atom. The van der Waals surface area contributed by atoms with E-state index in [-0.39, 0.29) is 0 Å². The van der Waals surface area contributed by atoms with Gasteiger partial charge < -0.3 is 4.42 Å². The van der Waals surface area contributed by atoms with Gasteiger partial charge in [0.15, 0.2) is 0 Å². The van der Waals surface area contributed by atoms with Crippen LogP contribution in [-0.2, 0) is 0 Å². The Balaban J connectivity index is 1.60. The number of furan rings is 1. The molecular formula is C31H19NO. The molecule has 33 heavy (non-hydrogen) atoms. The number of aromatic nitrogens is 1. The van der Waals surface area contributed by atoms with Gasteiger partial charge in [-0.05, 0) is 46.2 Å². The molecule has 2 heterocycles. The lowest BCUT2D eigenvalue weighted by atomic mass is 9.94. The quantitative estimate of drug-likeness (QED) is 0.261. The maximum Gasteiger partial charge on any atom is 0.144 e. The van der Waals surface area contributed by atoms with E-state index in [1.54, 1.807) is 0 Å². The lowest BCUT2D eigenvalue weighted by Gasteiger charge is -2.13. The predicted molar refractivity (Wildman–Crippen MR) is 137 cm³/mol. The minimum atomic E-state index is 0.880. The number of pyridine rings is 1. The van der Waals surface area contributed by atoms with Crippen molar-refractivity contribution in [2.45, 2.75) is 0 Å². The van der Waals surface area contributed by atoms with Crippen molar-refractivity contribution in [1.29, 1.82) is 0 Å². The maximum absolute atomic E-state index is 6.33. The Labute approximate surface area is 190 Å². The molecule has 0 aliphatic carbocycles. The molecule has 2 aromatic heterocycles. The first-order valence-corrected chi connectivity index (χ1v) is 11.2. The minimum Gasteiger partial charge on any atom is -0.455 e. The smallest absolute Gasteiger partial charge is 0.144 e. The van der Waals surface area contributed by atoms with Crippen LogP contribution >= 0.6 is 0 Å². The van der Waals surface area contributed by atoms with E-state index < -0.39 is 0 Å². The van der Waals surface area contributed by atoms with Gasteiger partial charge in [-0.25, -0.2) is 4.98 Å². The summed E-state index contributed by atoms with van der Waals surface area (Å²) >= 11 is 0. The SMILES string of the molecule is c1ccc(-c2cc(-c3cccc4c3oc3ccccc34)nc3ccc4ccccc4c23)cc1. The van der Waals surface area contributed by atoms with E-state index in [9.17, 15) is 0 Å². The first-order chi connectivity index (χ1) is 16.4. The molecule has 0 saturated carbocycles. The van der Waals surface area contributed by atoms with E-state index >= 15 is 0 Å². The van der Waals surface area contributed by atoms with Crippen LogP contribution in [0.1, 0.15) is 0 Å². The average molecular weight is 421 g/mol. The third kappa shape index (κ3) is 2.78. The molecule has 0 amide bonds. The number of rotatable bonds is 2. The van der Waals surface area contributed by atoms with Gasteiger partial charge in [0, 0.05) is 21.7 Å². The molecule has 0 unspecified atom stereocenters. The molecule has 0 aliphatic heterocycles. The Kier molecular flexibility index (Phi) is 3.88. The second-order valence-corrected chi connectivity index (χ2v) is 8.38. The first kappa shape index (κ1) is 18.2. The van der Waals surface area contributed by atoms with Crippen LogP contribution in [0.2, 0.25) is 0 Å². The van der Waals surface area contributed by atoms with Crippen LogP contribution in [0.3, 0.4) is 0 Å². The zero-order chi connectivity index (χ0) is 21.8. The fourth-order valence-corrected chi connectivity index (χ4v) is 4.94. The number of fused-ring (bicyclic) bond motifs is 6. The normalized spacial score (nSPS) is 11.6. The highest BCUT2D eigenvalue weighted by Gasteiger charge is 2.16. The van der Waals surface area contributed by atoms with Crippen molar-refractivity contribution in [2.75, 3.05) is 0 Å². The van der Waals surface area contributed by atoms with Gasteiger partial charge in [-0.15, -0.1) is 0 Å². The van der Waals surface area contributed by atoms with E-state index in [0.717, 1.165) is 38.7 Å². The molecule has 0 bridgehead atoms. The Morgan fingerprint density at radius 3 is 2.21 bits per heavy atom. The van der Waals surface area contributed by atoms with Crippen molar-refractivity contribution < 1.29 is 4.42 Å². The van der Waals surface area contributed by atoms with Crippen molar-refractivity contribution in [1.82, 2.24) is 4.98 Å². The second-order valence-electron chi connectivity index (χ2n) is 8.38. The Hall–Kier alpha value is -4.43. The predicted octanol–water partition coefficient (Wildman–Crippen LogP) is 8.62. The van der Waals surface area contributed by atoms with Crippen LogP contribution in [0.5, 0.6) is 0 Å². The molecule has 0 atom stereocenters. The molecule has 2 nitrogen and oxygen atoms in total. The molecule has 0 spiro atoms. The van der Waals surface area contributed by atoms with Crippen LogP contribution in [0.4, 0.5) is 0 Å². The number of benzene rings is 5. The molecule has 7 aromatic rings. The lowest BCUT2D eigenvalue weighted by Crippen LogP contribution is -1.91. The van der Waals surface area contributed by atoms with Crippen molar-refractivity contribution in [3.63, 3.8) is 0 Å². The second kappa shape index (κ2) is 7.04. The fraction of sp³-hybridized carbons (Fsp3) is 0. The third-order valence-corrected chi connectivity index (χ3v) is 6.46. The summed E-state index contributed by atoms with van der Waals surface area (Å²) in [5.74, 6) is 0. The summed E-state index contributed by atoms with van der Waals surface area (Å²) in [5.41, 5.74) is 7.05. The van der Waals surface area contributed by atoms with Gasteiger partial charge in [0.25, 0.3) is 0 Å². The molecule has 2 heteroatoms. The zero-order valence-electron chi connectivity index (χ0n) is 17.8. The monoisotopic (exact) mass is 421 g/mol. The van der Waals surface area contributed by atoms with Crippen LogP contribution < -0.4 is 0 Å². The summed E-state index contributed by atoms with van der Waals surface area (Å²) in [5, 5.41) is 5.86. The molecule has 0 fully saturated rings. The molecule has 0 aliphatic rings. The molecule has 154 valence electrons. The van der Waals surface area contributed by atoms with E-state index in [1.165, 1.54) is 27.3 Å². The highest BCUT2D eigenvalue weighted by Crippen LogP contribution is 2.39. The van der Waals surface area contributed by atoms with Gasteiger partial charge in [-0.2, -0.15) is 0 Å². The maximum atomic E-state index is 6.33. The summed E-state index contributed by atoms with van der Waals surface area (Å²) in [4.78, 5) is 5.14. The number of hydrogen-bond donors (Lipinski definition) is 0. The van der Waals surface area contributed by atoms with Crippen LogP contribution in [-0.4, -0.2) is 4.98 Å². The van der Waals surface area contributed by atoms with Gasteiger partial charge in [0.2, 0.25) is 0 Å². The summed E-state index contributed by atoms with van der Waals surface area (Å²) in [6.07, 6.45) is 0. The van der Waals surface area contributed by atoms with Crippen molar-refractivity contribution in [3.8, 4) is 22.4 Å². The van der Waals surface area contributed by atoms with Gasteiger partial charge in [-0.3, -0.25) is 0 Å². The van der Waals surface area contributed by atoms with Crippen molar-refractivity contribution in [3.05, 3.63) is 115 Å². The molecule has 7 rings (SSSR count). The summed E-state index contributed by atoms with van der Waals surface area (Å²) < 4.78 is 6.33. The fourth-order valence-electron chi connectivity index (χ4n) is 4.94.